The van der Waals surface area contributed by atoms with Crippen LogP contribution >= 0.6 is 0 Å². The Hall–Kier alpha value is -2.36. The molecule has 0 bridgehead atoms. The Morgan fingerprint density at radius 3 is 2.58 bits per heavy atom. The first-order valence-electron chi connectivity index (χ1n) is 8.24. The van der Waals surface area contributed by atoms with Gasteiger partial charge in [-0.3, -0.25) is 4.79 Å². The molecular formula is C20H26N2O2. The summed E-state index contributed by atoms with van der Waals surface area (Å²) in [7, 11) is 0. The predicted molar refractivity (Wildman–Crippen MR) is 98.3 cm³/mol. The largest absolute Gasteiger partial charge is 0.484 e. The van der Waals surface area contributed by atoms with Crippen LogP contribution in [0.2, 0.25) is 0 Å². The predicted octanol–water partition coefficient (Wildman–Crippen LogP) is 4.09. The normalized spacial score (nSPS) is 18.9. The number of ether oxygens (including phenoxy) is 1. The van der Waals surface area contributed by atoms with E-state index in [2.05, 4.69) is 29.2 Å². The Morgan fingerprint density at radius 1 is 1.29 bits per heavy atom. The third kappa shape index (κ3) is 5.08. The maximum Gasteiger partial charge on any atom is 0.277 e. The molecule has 0 radical (unpaired) electrons. The van der Waals surface area contributed by atoms with Crippen LogP contribution < -0.4 is 10.2 Å². The van der Waals surface area contributed by atoms with E-state index in [-0.39, 0.29) is 12.5 Å². The van der Waals surface area contributed by atoms with Gasteiger partial charge in [-0.2, -0.15) is 5.10 Å². The minimum Gasteiger partial charge on any atom is -0.484 e. The van der Waals surface area contributed by atoms with Crippen molar-refractivity contribution in [1.29, 1.82) is 0 Å². The monoisotopic (exact) mass is 326 g/mol. The van der Waals surface area contributed by atoms with Gasteiger partial charge in [0, 0.05) is 0 Å². The molecule has 1 atom stereocenters. The summed E-state index contributed by atoms with van der Waals surface area (Å²) in [6, 6.07) is 5.89. The van der Waals surface area contributed by atoms with Crippen LogP contribution in [-0.2, 0) is 4.79 Å². The summed E-state index contributed by atoms with van der Waals surface area (Å²) >= 11 is 0. The number of hydrogen-bond acceptors (Lipinski definition) is 3. The fraction of sp³-hybridized carbons (Fsp3) is 0.400. The van der Waals surface area contributed by atoms with Crippen molar-refractivity contribution in [2.45, 2.75) is 40.5 Å². The van der Waals surface area contributed by atoms with Crippen LogP contribution in [0.15, 0.2) is 47.1 Å². The standard InChI is InChI=1S/C20H26N2O2/c1-13(2)17-7-6-16(5)19(11-17)21-22-20(23)12-24-18-9-14(3)8-15(4)10-18/h6,8-10,17H,1,7,11-12H2,2-5H3,(H,22,23)/b21-19+. The van der Waals surface area contributed by atoms with Crippen LogP contribution in [0.1, 0.15) is 37.8 Å². The lowest BCUT2D eigenvalue weighted by Crippen LogP contribution is -2.27. The molecule has 0 fully saturated rings. The molecular weight excluding hydrogens is 300 g/mol. The summed E-state index contributed by atoms with van der Waals surface area (Å²) < 4.78 is 5.55. The smallest absolute Gasteiger partial charge is 0.277 e. The number of aryl methyl sites for hydroxylation is 2. The zero-order valence-corrected chi connectivity index (χ0v) is 15.0. The molecule has 0 spiro atoms. The highest BCUT2D eigenvalue weighted by Gasteiger charge is 2.18. The van der Waals surface area contributed by atoms with Crippen LogP contribution in [0.4, 0.5) is 0 Å². The first-order chi connectivity index (χ1) is 11.3. The van der Waals surface area contributed by atoms with E-state index < -0.39 is 0 Å². The van der Waals surface area contributed by atoms with Gasteiger partial charge in [0.2, 0.25) is 0 Å². The Kier molecular flexibility index (Phi) is 5.96. The fourth-order valence-corrected chi connectivity index (χ4v) is 2.75. The number of nitrogens with zero attached hydrogens (tertiary/aromatic N) is 1. The molecule has 0 heterocycles. The summed E-state index contributed by atoms with van der Waals surface area (Å²) in [4.78, 5) is 12.0. The maximum atomic E-state index is 12.0. The van der Waals surface area contributed by atoms with Crippen molar-refractivity contribution < 1.29 is 9.53 Å². The average Bonchev–Trinajstić information content (AvgIpc) is 2.51. The number of hydrazone groups is 1. The summed E-state index contributed by atoms with van der Waals surface area (Å²) in [6.45, 7) is 12.0. The molecule has 0 aliphatic heterocycles. The van der Waals surface area contributed by atoms with E-state index in [4.69, 9.17) is 4.74 Å². The maximum absolute atomic E-state index is 12.0. The first-order valence-corrected chi connectivity index (χ1v) is 8.24. The van der Waals surface area contributed by atoms with Gasteiger partial charge >= 0.3 is 0 Å². The first kappa shape index (κ1) is 18.0. The quantitative estimate of drug-likeness (QED) is 0.654. The Balaban J connectivity index is 1.91. The zero-order valence-electron chi connectivity index (χ0n) is 15.0. The number of rotatable bonds is 5. The molecule has 1 aliphatic carbocycles. The van der Waals surface area contributed by atoms with Gasteiger partial charge in [-0.05, 0) is 75.3 Å². The molecule has 1 aliphatic rings. The van der Waals surface area contributed by atoms with Crippen molar-refractivity contribution in [2.75, 3.05) is 6.61 Å². The number of carbonyl (C=O) groups is 1. The highest BCUT2D eigenvalue weighted by Crippen LogP contribution is 2.26. The van der Waals surface area contributed by atoms with Crippen LogP contribution in [0.5, 0.6) is 5.75 Å². The Bertz CT molecular complexity index is 681. The fourth-order valence-electron chi connectivity index (χ4n) is 2.75. The highest BCUT2D eigenvalue weighted by molar-refractivity contribution is 6.01. The van der Waals surface area contributed by atoms with Crippen molar-refractivity contribution in [3.05, 3.63) is 53.1 Å². The Morgan fingerprint density at radius 2 is 1.96 bits per heavy atom. The second-order valence-electron chi connectivity index (χ2n) is 6.58. The summed E-state index contributed by atoms with van der Waals surface area (Å²) in [5.74, 6) is 0.842. The molecule has 4 nitrogen and oxygen atoms in total. The van der Waals surface area contributed by atoms with Crippen molar-refractivity contribution in [3.63, 3.8) is 0 Å². The summed E-state index contributed by atoms with van der Waals surface area (Å²) in [5, 5.41) is 4.27. The molecule has 1 aromatic carbocycles. The van der Waals surface area contributed by atoms with E-state index in [0.717, 1.165) is 40.8 Å². The molecule has 128 valence electrons. The van der Waals surface area contributed by atoms with Crippen LogP contribution in [0.25, 0.3) is 0 Å². The van der Waals surface area contributed by atoms with Crippen LogP contribution in [-0.4, -0.2) is 18.2 Å². The van der Waals surface area contributed by atoms with E-state index in [1.807, 2.05) is 39.8 Å². The van der Waals surface area contributed by atoms with E-state index in [1.165, 1.54) is 0 Å². The molecule has 0 saturated heterocycles. The number of hydrogen-bond donors (Lipinski definition) is 1. The number of amides is 1. The van der Waals surface area contributed by atoms with E-state index in [0.29, 0.717) is 11.7 Å². The van der Waals surface area contributed by atoms with Gasteiger partial charge in [0.05, 0.1) is 5.71 Å². The van der Waals surface area contributed by atoms with Gasteiger partial charge < -0.3 is 4.74 Å². The molecule has 0 aromatic heterocycles. The number of carbonyl (C=O) groups excluding carboxylic acids is 1. The van der Waals surface area contributed by atoms with Crippen molar-refractivity contribution in [1.82, 2.24) is 5.43 Å². The minimum atomic E-state index is -0.257. The lowest BCUT2D eigenvalue weighted by molar-refractivity contribution is -0.123. The van der Waals surface area contributed by atoms with E-state index in [1.54, 1.807) is 0 Å². The van der Waals surface area contributed by atoms with E-state index >= 15 is 0 Å². The van der Waals surface area contributed by atoms with Crippen LogP contribution in [0.3, 0.4) is 0 Å². The topological polar surface area (TPSA) is 50.7 Å². The molecule has 1 N–H and O–H groups in total. The summed E-state index contributed by atoms with van der Waals surface area (Å²) in [5.41, 5.74) is 7.99. The SMILES string of the molecule is C=C(C)C1CC=C(C)/C(=N/NC(=O)COc2cc(C)cc(C)c2)C1. The Labute approximate surface area is 144 Å². The second kappa shape index (κ2) is 7.95. The number of benzene rings is 1. The summed E-state index contributed by atoms with van der Waals surface area (Å²) in [6.07, 6.45) is 3.96. The van der Waals surface area contributed by atoms with Crippen molar-refractivity contribution >= 4 is 11.6 Å². The van der Waals surface area contributed by atoms with Crippen molar-refractivity contribution in [2.24, 2.45) is 11.0 Å². The van der Waals surface area contributed by atoms with Gasteiger partial charge in [0.1, 0.15) is 5.75 Å². The lowest BCUT2D eigenvalue weighted by atomic mass is 9.85. The van der Waals surface area contributed by atoms with Gasteiger partial charge in [-0.1, -0.05) is 24.3 Å². The number of allylic oxidation sites excluding steroid dienone is 3. The average molecular weight is 326 g/mol. The third-order valence-corrected chi connectivity index (χ3v) is 4.18. The number of nitrogens with one attached hydrogen (secondary N) is 1. The van der Waals surface area contributed by atoms with Gasteiger partial charge in [0.25, 0.3) is 5.91 Å². The van der Waals surface area contributed by atoms with Gasteiger partial charge in [0.15, 0.2) is 6.61 Å². The van der Waals surface area contributed by atoms with Crippen molar-refractivity contribution in [3.8, 4) is 5.75 Å². The molecule has 1 amide bonds. The minimum absolute atomic E-state index is 0.0493. The van der Waals surface area contributed by atoms with Gasteiger partial charge in [-0.15, -0.1) is 0 Å². The lowest BCUT2D eigenvalue weighted by Gasteiger charge is -2.22. The zero-order chi connectivity index (χ0) is 17.7. The molecule has 1 aromatic rings. The van der Waals surface area contributed by atoms with E-state index in [9.17, 15) is 4.79 Å². The highest BCUT2D eigenvalue weighted by atomic mass is 16.5. The molecule has 4 heteroatoms. The second-order valence-corrected chi connectivity index (χ2v) is 6.58. The van der Waals surface area contributed by atoms with Gasteiger partial charge in [-0.25, -0.2) is 5.43 Å². The molecule has 0 saturated carbocycles. The third-order valence-electron chi connectivity index (χ3n) is 4.18. The molecule has 2 rings (SSSR count). The van der Waals surface area contributed by atoms with Crippen LogP contribution in [0, 0.1) is 19.8 Å². The molecule has 24 heavy (non-hydrogen) atoms. The molecule has 1 unspecified atom stereocenters.